The highest BCUT2D eigenvalue weighted by Gasteiger charge is 2.14. The Hall–Kier alpha value is -2.47. The maximum atomic E-state index is 12.4. The monoisotopic (exact) mass is 353 g/mol. The van der Waals surface area contributed by atoms with Crippen molar-refractivity contribution >= 4 is 33.1 Å². The predicted molar refractivity (Wildman–Crippen MR) is 100 cm³/mol. The number of nitrogens with zero attached hydrogens (tertiary/aromatic N) is 2. The second kappa shape index (κ2) is 6.80. The topological polar surface area (TPSA) is 64.0 Å². The lowest BCUT2D eigenvalue weighted by molar-refractivity contribution is -0.116. The van der Waals surface area contributed by atoms with Crippen LogP contribution in [0.3, 0.4) is 0 Å². The second-order valence-corrected chi connectivity index (χ2v) is 7.23. The Labute approximate surface area is 149 Å². The summed E-state index contributed by atoms with van der Waals surface area (Å²) >= 11 is 1.45. The fourth-order valence-corrected chi connectivity index (χ4v) is 4.11. The van der Waals surface area contributed by atoms with Crippen LogP contribution in [0, 0.1) is 0 Å². The van der Waals surface area contributed by atoms with Crippen molar-refractivity contribution in [1.29, 1.82) is 0 Å². The number of anilines is 1. The quantitative estimate of drug-likeness (QED) is 0.782. The maximum Gasteiger partial charge on any atom is 0.262 e. The average molecular weight is 353 g/mol. The van der Waals surface area contributed by atoms with Crippen LogP contribution in [-0.4, -0.2) is 15.5 Å². The summed E-state index contributed by atoms with van der Waals surface area (Å²) in [6.45, 7) is 0.332. The molecule has 1 N–H and O–H groups in total. The summed E-state index contributed by atoms with van der Waals surface area (Å²) in [6, 6.07) is 7.89. The summed E-state index contributed by atoms with van der Waals surface area (Å²) in [4.78, 5) is 29.7. The molecular formula is C19H19N3O2S. The SMILES string of the molecule is O=C(CCn1cnc2sccc2c1=O)Nc1cccc2c1CCCC2. The molecule has 6 heteroatoms. The first-order valence-corrected chi connectivity index (χ1v) is 9.43. The molecule has 4 rings (SSSR count). The molecule has 0 saturated heterocycles. The highest BCUT2D eigenvalue weighted by atomic mass is 32.1. The molecule has 0 atom stereocenters. The molecule has 0 unspecified atom stereocenters. The number of fused-ring (bicyclic) bond motifs is 2. The van der Waals surface area contributed by atoms with Gasteiger partial charge in [0.1, 0.15) is 4.83 Å². The number of nitrogens with one attached hydrogen (secondary N) is 1. The Balaban J connectivity index is 1.46. The molecule has 2 heterocycles. The Bertz CT molecular complexity index is 990. The summed E-state index contributed by atoms with van der Waals surface area (Å²) in [5, 5.41) is 5.49. The zero-order valence-corrected chi connectivity index (χ0v) is 14.6. The first-order valence-electron chi connectivity index (χ1n) is 8.55. The van der Waals surface area contributed by atoms with Gasteiger partial charge >= 0.3 is 0 Å². The van der Waals surface area contributed by atoms with Gasteiger partial charge in [0.2, 0.25) is 5.91 Å². The van der Waals surface area contributed by atoms with Crippen molar-refractivity contribution in [3.05, 3.63) is 57.5 Å². The Morgan fingerprint density at radius 2 is 2.12 bits per heavy atom. The number of aromatic nitrogens is 2. The first kappa shape index (κ1) is 16.0. The van der Waals surface area contributed by atoms with Crippen molar-refractivity contribution in [2.24, 2.45) is 0 Å². The summed E-state index contributed by atoms with van der Waals surface area (Å²) in [5.41, 5.74) is 3.44. The molecule has 128 valence electrons. The minimum Gasteiger partial charge on any atom is -0.326 e. The molecule has 0 fully saturated rings. The number of carbonyl (C=O) groups is 1. The zero-order chi connectivity index (χ0) is 17.2. The fourth-order valence-electron chi connectivity index (χ4n) is 3.39. The summed E-state index contributed by atoms with van der Waals surface area (Å²) in [7, 11) is 0. The van der Waals surface area contributed by atoms with Gasteiger partial charge in [-0.25, -0.2) is 4.98 Å². The van der Waals surface area contributed by atoms with Crippen LogP contribution in [0.1, 0.15) is 30.4 Å². The molecule has 25 heavy (non-hydrogen) atoms. The van der Waals surface area contributed by atoms with E-state index in [2.05, 4.69) is 16.4 Å². The summed E-state index contributed by atoms with van der Waals surface area (Å²) in [5.74, 6) is -0.0729. The average Bonchev–Trinajstić information content (AvgIpc) is 3.11. The molecule has 5 nitrogen and oxygen atoms in total. The predicted octanol–water partition coefficient (Wildman–Crippen LogP) is 3.37. The molecule has 0 saturated carbocycles. The van der Waals surface area contributed by atoms with E-state index in [4.69, 9.17) is 0 Å². The van der Waals surface area contributed by atoms with Crippen LogP contribution < -0.4 is 10.9 Å². The molecule has 1 amide bonds. The van der Waals surface area contributed by atoms with E-state index in [9.17, 15) is 9.59 Å². The van der Waals surface area contributed by atoms with Crippen LogP contribution in [0.25, 0.3) is 10.2 Å². The molecule has 0 aliphatic heterocycles. The zero-order valence-electron chi connectivity index (χ0n) is 13.8. The van der Waals surface area contributed by atoms with Crippen LogP contribution in [0.5, 0.6) is 0 Å². The van der Waals surface area contributed by atoms with E-state index in [1.54, 1.807) is 6.07 Å². The van der Waals surface area contributed by atoms with Crippen molar-refractivity contribution in [2.45, 2.75) is 38.6 Å². The van der Waals surface area contributed by atoms with Crippen molar-refractivity contribution in [3.63, 3.8) is 0 Å². The van der Waals surface area contributed by atoms with E-state index in [0.717, 1.165) is 23.4 Å². The van der Waals surface area contributed by atoms with Crippen LogP contribution in [-0.2, 0) is 24.2 Å². The van der Waals surface area contributed by atoms with Crippen molar-refractivity contribution < 1.29 is 4.79 Å². The van der Waals surface area contributed by atoms with E-state index in [0.29, 0.717) is 11.9 Å². The Morgan fingerprint density at radius 1 is 1.24 bits per heavy atom. The normalized spacial score (nSPS) is 13.6. The largest absolute Gasteiger partial charge is 0.326 e. The number of rotatable bonds is 4. The number of thiophene rings is 1. The third-order valence-corrected chi connectivity index (χ3v) is 5.52. The number of hydrogen-bond donors (Lipinski definition) is 1. The maximum absolute atomic E-state index is 12.4. The minimum atomic E-state index is -0.0869. The molecule has 1 aliphatic rings. The van der Waals surface area contributed by atoms with Gasteiger partial charge < -0.3 is 5.32 Å². The second-order valence-electron chi connectivity index (χ2n) is 6.33. The number of aryl methyl sites for hydroxylation is 2. The molecule has 0 bridgehead atoms. The van der Waals surface area contributed by atoms with E-state index in [1.165, 1.54) is 46.2 Å². The van der Waals surface area contributed by atoms with Gasteiger partial charge in [0, 0.05) is 18.7 Å². The molecule has 3 aromatic rings. The number of benzene rings is 1. The van der Waals surface area contributed by atoms with Gasteiger partial charge in [0.05, 0.1) is 11.7 Å². The lowest BCUT2D eigenvalue weighted by Gasteiger charge is -2.19. The van der Waals surface area contributed by atoms with E-state index in [1.807, 2.05) is 17.5 Å². The Kier molecular flexibility index (Phi) is 4.36. The van der Waals surface area contributed by atoms with Gasteiger partial charge in [0.25, 0.3) is 5.56 Å². The van der Waals surface area contributed by atoms with Gasteiger partial charge in [-0.15, -0.1) is 11.3 Å². The lowest BCUT2D eigenvalue weighted by Crippen LogP contribution is -2.23. The van der Waals surface area contributed by atoms with Crippen molar-refractivity contribution in [3.8, 4) is 0 Å². The fraction of sp³-hybridized carbons (Fsp3) is 0.316. The minimum absolute atomic E-state index is 0.0729. The van der Waals surface area contributed by atoms with Gasteiger partial charge in [-0.3, -0.25) is 14.2 Å². The summed E-state index contributed by atoms with van der Waals surface area (Å²) < 4.78 is 1.51. The first-order chi connectivity index (χ1) is 12.2. The van der Waals surface area contributed by atoms with Crippen LogP contribution in [0.2, 0.25) is 0 Å². The highest BCUT2D eigenvalue weighted by Crippen LogP contribution is 2.27. The number of hydrogen-bond acceptors (Lipinski definition) is 4. The third-order valence-electron chi connectivity index (χ3n) is 4.70. The van der Waals surface area contributed by atoms with Crippen molar-refractivity contribution in [1.82, 2.24) is 9.55 Å². The van der Waals surface area contributed by atoms with Crippen LogP contribution in [0.4, 0.5) is 5.69 Å². The molecule has 0 spiro atoms. The molecule has 0 radical (unpaired) electrons. The van der Waals surface area contributed by atoms with E-state index >= 15 is 0 Å². The number of amides is 1. The smallest absolute Gasteiger partial charge is 0.262 e. The highest BCUT2D eigenvalue weighted by molar-refractivity contribution is 7.16. The van der Waals surface area contributed by atoms with Gasteiger partial charge in [0.15, 0.2) is 0 Å². The Morgan fingerprint density at radius 3 is 3.04 bits per heavy atom. The van der Waals surface area contributed by atoms with Crippen LogP contribution in [0.15, 0.2) is 40.8 Å². The molecule has 1 aliphatic carbocycles. The standard InChI is InChI=1S/C19H19N3O2S/c23-17(21-16-7-3-5-13-4-1-2-6-14(13)16)8-10-22-12-20-18-15(19(22)24)9-11-25-18/h3,5,7,9,11-12H,1-2,4,6,8,10H2,(H,21,23). The molecule has 1 aromatic carbocycles. The van der Waals surface area contributed by atoms with Gasteiger partial charge in [-0.2, -0.15) is 0 Å². The van der Waals surface area contributed by atoms with E-state index in [-0.39, 0.29) is 17.9 Å². The van der Waals surface area contributed by atoms with Crippen LogP contribution >= 0.6 is 11.3 Å². The third kappa shape index (κ3) is 3.22. The van der Waals surface area contributed by atoms with E-state index < -0.39 is 0 Å². The van der Waals surface area contributed by atoms with Gasteiger partial charge in [-0.1, -0.05) is 12.1 Å². The molecular weight excluding hydrogens is 334 g/mol. The van der Waals surface area contributed by atoms with Gasteiger partial charge in [-0.05, 0) is 54.3 Å². The number of carbonyl (C=O) groups excluding carboxylic acids is 1. The van der Waals surface area contributed by atoms with Crippen molar-refractivity contribution in [2.75, 3.05) is 5.32 Å². The molecule has 2 aromatic heterocycles. The lowest BCUT2D eigenvalue weighted by atomic mass is 9.90. The summed E-state index contributed by atoms with van der Waals surface area (Å²) in [6.07, 6.45) is 6.26.